The molecule has 3 amide bonds. The molecular weight excluding hydrogens is 396 g/mol. The average Bonchev–Trinajstić information content (AvgIpc) is 2.65. The van der Waals surface area contributed by atoms with E-state index in [0.717, 1.165) is 0 Å². The zero-order chi connectivity index (χ0) is 21.6. The summed E-state index contributed by atoms with van der Waals surface area (Å²) in [5.41, 5.74) is 5.87. The predicted molar refractivity (Wildman–Crippen MR) is 110 cm³/mol. The molecule has 0 spiro atoms. The van der Waals surface area contributed by atoms with E-state index >= 15 is 0 Å². The number of hydrogen-bond acceptors (Lipinski definition) is 5. The number of benzene rings is 2. The second kappa shape index (κ2) is 9.39. The summed E-state index contributed by atoms with van der Waals surface area (Å²) < 4.78 is 32.8. The molecule has 2 rings (SSSR count). The SMILES string of the molecule is COc1ccc(S(=O)(=O)N[C@H](C(=O)Nc2cccc(NC(N)=O)c2)C(C)C)cc1. The Morgan fingerprint density at radius 2 is 1.59 bits per heavy atom. The molecule has 0 bridgehead atoms. The summed E-state index contributed by atoms with van der Waals surface area (Å²) in [4.78, 5) is 23.7. The number of nitrogens with one attached hydrogen (secondary N) is 3. The second-order valence-electron chi connectivity index (χ2n) is 6.58. The van der Waals surface area contributed by atoms with E-state index in [1.54, 1.807) is 32.0 Å². The molecule has 0 unspecified atom stereocenters. The van der Waals surface area contributed by atoms with Gasteiger partial charge < -0.3 is 21.1 Å². The summed E-state index contributed by atoms with van der Waals surface area (Å²) in [5.74, 6) is -0.338. The molecule has 0 radical (unpaired) electrons. The van der Waals surface area contributed by atoms with Crippen molar-refractivity contribution in [3.05, 3.63) is 48.5 Å². The van der Waals surface area contributed by atoms with Gasteiger partial charge in [-0.05, 0) is 48.4 Å². The summed E-state index contributed by atoms with van der Waals surface area (Å²) in [7, 11) is -2.45. The zero-order valence-electron chi connectivity index (χ0n) is 16.3. The van der Waals surface area contributed by atoms with Crippen molar-refractivity contribution >= 4 is 33.3 Å². The van der Waals surface area contributed by atoms with Gasteiger partial charge in [0.15, 0.2) is 0 Å². The number of hydrogen-bond donors (Lipinski definition) is 4. The molecule has 0 aliphatic heterocycles. The quantitative estimate of drug-likeness (QED) is 0.518. The van der Waals surface area contributed by atoms with Crippen molar-refractivity contribution in [1.29, 1.82) is 0 Å². The second-order valence-corrected chi connectivity index (χ2v) is 8.29. The summed E-state index contributed by atoms with van der Waals surface area (Å²) in [5, 5.41) is 5.06. The Kier molecular flexibility index (Phi) is 7.18. The van der Waals surface area contributed by atoms with Gasteiger partial charge in [0, 0.05) is 11.4 Å². The third-order valence-corrected chi connectivity index (χ3v) is 5.46. The molecule has 2 aromatic rings. The Bertz CT molecular complexity index is 974. The number of carbonyl (C=O) groups is 2. The van der Waals surface area contributed by atoms with Gasteiger partial charge in [0.05, 0.1) is 12.0 Å². The van der Waals surface area contributed by atoms with Crippen LogP contribution in [0.2, 0.25) is 0 Å². The number of carbonyl (C=O) groups excluding carboxylic acids is 2. The van der Waals surface area contributed by atoms with Crippen LogP contribution in [0.4, 0.5) is 16.2 Å². The fourth-order valence-electron chi connectivity index (χ4n) is 2.52. The van der Waals surface area contributed by atoms with Crippen molar-refractivity contribution in [2.24, 2.45) is 11.7 Å². The molecular formula is C19H24N4O5S. The molecule has 0 fully saturated rings. The van der Waals surface area contributed by atoms with Gasteiger partial charge in [-0.1, -0.05) is 19.9 Å². The first-order valence-corrected chi connectivity index (χ1v) is 10.2. The average molecular weight is 420 g/mol. The summed E-state index contributed by atoms with van der Waals surface area (Å²) >= 11 is 0. The van der Waals surface area contributed by atoms with Gasteiger partial charge in [0.25, 0.3) is 0 Å². The first kappa shape index (κ1) is 22.2. The molecule has 0 heterocycles. The van der Waals surface area contributed by atoms with Crippen LogP contribution in [-0.2, 0) is 14.8 Å². The Morgan fingerprint density at radius 3 is 2.10 bits per heavy atom. The van der Waals surface area contributed by atoms with E-state index in [1.807, 2.05) is 0 Å². The number of amides is 3. The minimum Gasteiger partial charge on any atom is -0.497 e. The van der Waals surface area contributed by atoms with Gasteiger partial charge in [0.1, 0.15) is 11.8 Å². The molecule has 10 heteroatoms. The molecule has 1 atom stereocenters. The standard InChI is InChI=1S/C19H24N4O5S/c1-12(2)17(23-29(26,27)16-9-7-15(28-3)8-10-16)18(24)21-13-5-4-6-14(11-13)22-19(20)25/h4-12,17,23H,1-3H3,(H,21,24)(H3,20,22,25)/t17-/m0/s1. The third kappa shape index (κ3) is 6.19. The molecule has 2 aromatic carbocycles. The van der Waals surface area contributed by atoms with Gasteiger partial charge in [-0.15, -0.1) is 0 Å². The van der Waals surface area contributed by atoms with E-state index in [2.05, 4.69) is 15.4 Å². The lowest BCUT2D eigenvalue weighted by Crippen LogP contribution is -2.47. The van der Waals surface area contributed by atoms with E-state index in [-0.39, 0.29) is 10.8 Å². The van der Waals surface area contributed by atoms with Crippen LogP contribution in [0.25, 0.3) is 0 Å². The van der Waals surface area contributed by atoms with Crippen molar-refractivity contribution in [3.63, 3.8) is 0 Å². The molecule has 0 aromatic heterocycles. The minimum absolute atomic E-state index is 0.0180. The molecule has 156 valence electrons. The van der Waals surface area contributed by atoms with Crippen molar-refractivity contribution in [1.82, 2.24) is 4.72 Å². The third-order valence-electron chi connectivity index (χ3n) is 4.00. The van der Waals surface area contributed by atoms with Gasteiger partial charge in [-0.3, -0.25) is 4.79 Å². The maximum atomic E-state index is 12.7. The molecule has 29 heavy (non-hydrogen) atoms. The van der Waals surface area contributed by atoms with Crippen molar-refractivity contribution in [2.75, 3.05) is 17.7 Å². The highest BCUT2D eigenvalue weighted by Gasteiger charge is 2.28. The normalized spacial score (nSPS) is 12.3. The van der Waals surface area contributed by atoms with Gasteiger partial charge in [0.2, 0.25) is 15.9 Å². The van der Waals surface area contributed by atoms with Crippen LogP contribution in [-0.4, -0.2) is 33.5 Å². The molecule has 5 N–H and O–H groups in total. The van der Waals surface area contributed by atoms with Crippen molar-refractivity contribution in [3.8, 4) is 5.75 Å². The Labute approximate surface area is 169 Å². The topological polar surface area (TPSA) is 140 Å². The Hall–Kier alpha value is -3.11. The molecule has 0 aliphatic rings. The van der Waals surface area contributed by atoms with Gasteiger partial charge in [-0.25, -0.2) is 13.2 Å². The van der Waals surface area contributed by atoms with E-state index in [1.165, 1.54) is 37.4 Å². The summed E-state index contributed by atoms with van der Waals surface area (Å²) in [6.07, 6.45) is 0. The lowest BCUT2D eigenvalue weighted by atomic mass is 10.0. The van der Waals surface area contributed by atoms with E-state index < -0.39 is 28.0 Å². The maximum absolute atomic E-state index is 12.7. The van der Waals surface area contributed by atoms with Crippen LogP contribution in [0.5, 0.6) is 5.75 Å². The molecule has 0 saturated heterocycles. The first-order valence-electron chi connectivity index (χ1n) is 8.76. The summed E-state index contributed by atoms with van der Waals surface area (Å²) in [6, 6.07) is 10.4. The van der Waals surface area contributed by atoms with Crippen LogP contribution >= 0.6 is 0 Å². The van der Waals surface area contributed by atoms with Crippen LogP contribution < -0.4 is 25.8 Å². The number of urea groups is 1. The van der Waals surface area contributed by atoms with Crippen LogP contribution in [0.1, 0.15) is 13.8 Å². The van der Waals surface area contributed by atoms with Gasteiger partial charge in [-0.2, -0.15) is 4.72 Å². The van der Waals surface area contributed by atoms with Crippen LogP contribution in [0, 0.1) is 5.92 Å². The smallest absolute Gasteiger partial charge is 0.316 e. The van der Waals surface area contributed by atoms with Crippen molar-refractivity contribution in [2.45, 2.75) is 24.8 Å². The number of methoxy groups -OCH3 is 1. The molecule has 0 saturated carbocycles. The highest BCUT2D eigenvalue weighted by atomic mass is 32.2. The van der Waals surface area contributed by atoms with E-state index in [9.17, 15) is 18.0 Å². The Morgan fingerprint density at radius 1 is 1.00 bits per heavy atom. The number of nitrogens with two attached hydrogens (primary N) is 1. The lowest BCUT2D eigenvalue weighted by molar-refractivity contribution is -0.118. The lowest BCUT2D eigenvalue weighted by Gasteiger charge is -2.22. The fourth-order valence-corrected chi connectivity index (χ4v) is 3.86. The molecule has 9 nitrogen and oxygen atoms in total. The summed E-state index contributed by atoms with van der Waals surface area (Å²) in [6.45, 7) is 3.46. The van der Waals surface area contributed by atoms with Gasteiger partial charge >= 0.3 is 6.03 Å². The number of anilines is 2. The maximum Gasteiger partial charge on any atom is 0.316 e. The fraction of sp³-hybridized carbons (Fsp3) is 0.263. The zero-order valence-corrected chi connectivity index (χ0v) is 17.1. The minimum atomic E-state index is -3.93. The first-order chi connectivity index (χ1) is 13.6. The molecule has 0 aliphatic carbocycles. The number of sulfonamides is 1. The monoisotopic (exact) mass is 420 g/mol. The van der Waals surface area contributed by atoms with Crippen LogP contribution in [0.15, 0.2) is 53.4 Å². The predicted octanol–water partition coefficient (Wildman–Crippen LogP) is 2.13. The van der Waals surface area contributed by atoms with E-state index in [4.69, 9.17) is 10.5 Å². The van der Waals surface area contributed by atoms with Crippen molar-refractivity contribution < 1.29 is 22.7 Å². The number of rotatable bonds is 8. The number of primary amides is 1. The van der Waals surface area contributed by atoms with E-state index in [0.29, 0.717) is 17.1 Å². The highest BCUT2D eigenvalue weighted by Crippen LogP contribution is 2.19. The number of ether oxygens (including phenoxy) is 1. The largest absolute Gasteiger partial charge is 0.497 e. The van der Waals surface area contributed by atoms with Crippen LogP contribution in [0.3, 0.4) is 0 Å². The Balaban J connectivity index is 2.18. The highest BCUT2D eigenvalue weighted by molar-refractivity contribution is 7.89.